The summed E-state index contributed by atoms with van der Waals surface area (Å²) in [6.45, 7) is 12.8. The van der Waals surface area contributed by atoms with Gasteiger partial charge in [0.25, 0.3) is 0 Å². The van der Waals surface area contributed by atoms with E-state index in [1.165, 1.54) is 0 Å². The van der Waals surface area contributed by atoms with E-state index in [-0.39, 0.29) is 11.0 Å². The highest BCUT2D eigenvalue weighted by molar-refractivity contribution is 9.10. The largest absolute Gasteiger partial charge is 0.546 e. The van der Waals surface area contributed by atoms with Gasteiger partial charge in [0, 0.05) is 9.86 Å². The van der Waals surface area contributed by atoms with Gasteiger partial charge in [0.2, 0.25) is 9.04 Å². The Morgan fingerprint density at radius 2 is 1.80 bits per heavy atom. The number of benzene rings is 2. The van der Waals surface area contributed by atoms with Crippen LogP contribution in [0.5, 0.6) is 5.75 Å². The average molecular weight is 419 g/mol. The van der Waals surface area contributed by atoms with Crippen molar-refractivity contribution in [2.24, 2.45) is 0 Å². The van der Waals surface area contributed by atoms with Gasteiger partial charge in [-0.1, -0.05) is 42.8 Å². The average Bonchev–Trinajstić information content (AvgIpc) is 2.49. The monoisotopic (exact) mass is 418 g/mol. The molecule has 0 aliphatic heterocycles. The van der Waals surface area contributed by atoms with E-state index in [9.17, 15) is 4.79 Å². The van der Waals surface area contributed by atoms with Gasteiger partial charge in [0.05, 0.1) is 10.8 Å². The van der Waals surface area contributed by atoms with Gasteiger partial charge in [-0.2, -0.15) is 0 Å². The molecular formula is C20H23BrO3Si. The van der Waals surface area contributed by atoms with Crippen molar-refractivity contribution in [3.8, 4) is 5.75 Å². The molecule has 132 valence electrons. The molecule has 0 N–H and O–H groups in total. The Bertz CT molecular complexity index is 1030. The third kappa shape index (κ3) is 3.27. The van der Waals surface area contributed by atoms with Gasteiger partial charge in [0.1, 0.15) is 11.3 Å². The zero-order valence-corrected chi connectivity index (χ0v) is 18.2. The van der Waals surface area contributed by atoms with E-state index in [0.29, 0.717) is 11.0 Å². The number of halogens is 1. The van der Waals surface area contributed by atoms with Crippen LogP contribution in [-0.4, -0.2) is 9.04 Å². The van der Waals surface area contributed by atoms with Crippen LogP contribution in [0.2, 0.25) is 13.1 Å². The summed E-state index contributed by atoms with van der Waals surface area (Å²) >= 11 is 3.44. The Kier molecular flexibility index (Phi) is 4.58. The van der Waals surface area contributed by atoms with E-state index in [2.05, 4.69) is 55.9 Å². The summed E-state index contributed by atoms with van der Waals surface area (Å²) < 4.78 is 12.9. The third-order valence-electron chi connectivity index (χ3n) is 4.33. The lowest BCUT2D eigenvalue weighted by molar-refractivity contribution is 0.542. The zero-order valence-electron chi connectivity index (χ0n) is 15.5. The van der Waals surface area contributed by atoms with Crippen molar-refractivity contribution >= 4 is 46.7 Å². The van der Waals surface area contributed by atoms with Gasteiger partial charge in [-0.05, 0) is 54.8 Å². The Hall–Kier alpha value is -1.59. The number of rotatable bonds is 2. The molecule has 0 spiro atoms. The predicted molar refractivity (Wildman–Crippen MR) is 111 cm³/mol. The number of hydrogen-bond donors (Lipinski definition) is 0. The molecular weight excluding hydrogens is 396 g/mol. The first-order valence-corrected chi connectivity index (χ1v) is 12.0. The number of fused-ring (bicyclic) bond motifs is 3. The minimum Gasteiger partial charge on any atom is -0.546 e. The summed E-state index contributed by atoms with van der Waals surface area (Å²) in [5.74, 6) is 0.822. The highest BCUT2D eigenvalue weighted by Gasteiger charge is 2.24. The molecule has 0 radical (unpaired) electrons. The first-order valence-electron chi connectivity index (χ1n) is 8.46. The van der Waals surface area contributed by atoms with E-state index in [4.69, 9.17) is 8.84 Å². The van der Waals surface area contributed by atoms with Crippen LogP contribution in [0.25, 0.3) is 21.7 Å². The Morgan fingerprint density at radius 1 is 1.12 bits per heavy atom. The quantitative estimate of drug-likeness (QED) is 0.305. The molecule has 3 rings (SSSR count). The molecule has 0 saturated heterocycles. The van der Waals surface area contributed by atoms with Crippen molar-refractivity contribution in [3.63, 3.8) is 0 Å². The topological polar surface area (TPSA) is 39.4 Å². The summed E-state index contributed by atoms with van der Waals surface area (Å²) in [5.41, 5.74) is 2.40. The van der Waals surface area contributed by atoms with Gasteiger partial charge in [0.15, 0.2) is 0 Å². The molecule has 2 aromatic carbocycles. The molecule has 0 aliphatic carbocycles. The van der Waals surface area contributed by atoms with Crippen LogP contribution in [0, 0.1) is 6.92 Å². The minimum absolute atomic E-state index is 0.0673. The zero-order chi connectivity index (χ0) is 18.5. The summed E-state index contributed by atoms with van der Waals surface area (Å²) in [6, 6.07) is 7.85. The summed E-state index contributed by atoms with van der Waals surface area (Å²) in [6.07, 6.45) is 0. The van der Waals surface area contributed by atoms with Crippen LogP contribution >= 0.6 is 15.9 Å². The van der Waals surface area contributed by atoms with Crippen molar-refractivity contribution in [3.05, 3.63) is 50.3 Å². The van der Waals surface area contributed by atoms with E-state index in [0.717, 1.165) is 32.1 Å². The molecule has 0 saturated carbocycles. The van der Waals surface area contributed by atoms with E-state index in [1.807, 2.05) is 25.1 Å². The second-order valence-electron chi connectivity index (χ2n) is 7.75. The van der Waals surface area contributed by atoms with Crippen molar-refractivity contribution in [1.29, 1.82) is 0 Å². The van der Waals surface area contributed by atoms with Crippen LogP contribution < -0.4 is 10.1 Å². The molecule has 25 heavy (non-hydrogen) atoms. The highest BCUT2D eigenvalue weighted by Crippen LogP contribution is 2.40. The van der Waals surface area contributed by atoms with Crippen LogP contribution in [-0.2, 0) is 5.41 Å². The van der Waals surface area contributed by atoms with Gasteiger partial charge < -0.3 is 8.84 Å². The van der Waals surface area contributed by atoms with Gasteiger partial charge in [-0.3, -0.25) is 0 Å². The fourth-order valence-electron chi connectivity index (χ4n) is 3.29. The summed E-state index contributed by atoms with van der Waals surface area (Å²) in [4.78, 5) is 12.6. The first kappa shape index (κ1) is 18.2. The maximum atomic E-state index is 12.6. The van der Waals surface area contributed by atoms with Crippen molar-refractivity contribution < 1.29 is 8.84 Å². The lowest BCUT2D eigenvalue weighted by Crippen LogP contribution is -2.17. The summed E-state index contributed by atoms with van der Waals surface area (Å²) in [5, 5.41) is 2.34. The van der Waals surface area contributed by atoms with Gasteiger partial charge >= 0.3 is 5.63 Å². The van der Waals surface area contributed by atoms with E-state index in [1.54, 1.807) is 0 Å². The lowest BCUT2D eigenvalue weighted by atomic mass is 9.83. The second kappa shape index (κ2) is 6.29. The fourth-order valence-corrected chi connectivity index (χ4v) is 4.35. The maximum absolute atomic E-state index is 12.6. The number of aryl methyl sites for hydroxylation is 1. The third-order valence-corrected chi connectivity index (χ3v) is 5.55. The molecule has 0 unspecified atom stereocenters. The molecule has 0 aliphatic rings. The van der Waals surface area contributed by atoms with Gasteiger partial charge in [-0.25, -0.2) is 4.79 Å². The van der Waals surface area contributed by atoms with E-state index >= 15 is 0 Å². The van der Waals surface area contributed by atoms with Crippen molar-refractivity contribution in [2.75, 3.05) is 0 Å². The SMILES string of the molecule is Cc1c(C(C)(C)C)cc(O[SiH](C)C)c2c1oc(=O)c1cc(Br)ccc12. The molecule has 1 aromatic heterocycles. The molecule has 0 amide bonds. The summed E-state index contributed by atoms with van der Waals surface area (Å²) in [7, 11) is -1.33. The normalized spacial score (nSPS) is 12.3. The first-order chi connectivity index (χ1) is 11.6. The van der Waals surface area contributed by atoms with Crippen LogP contribution in [0.1, 0.15) is 31.9 Å². The van der Waals surface area contributed by atoms with Crippen molar-refractivity contribution in [1.82, 2.24) is 0 Å². The smallest absolute Gasteiger partial charge is 0.344 e. The standard InChI is InChI=1S/C20H23BrO3Si/c1-11-15(20(2,3)4)10-16(24-25(5)6)17-13-8-7-12(21)9-14(13)19(22)23-18(11)17/h7-10,25H,1-6H3. The molecule has 0 bridgehead atoms. The van der Waals surface area contributed by atoms with Crippen LogP contribution in [0.15, 0.2) is 37.9 Å². The Balaban J connectivity index is 2.55. The molecule has 1 heterocycles. The molecule has 3 aromatic rings. The van der Waals surface area contributed by atoms with Crippen LogP contribution in [0.3, 0.4) is 0 Å². The molecule has 3 nitrogen and oxygen atoms in total. The fraction of sp³-hybridized carbons (Fsp3) is 0.350. The Labute approximate surface area is 157 Å². The molecule has 0 fully saturated rings. The molecule has 5 heteroatoms. The second-order valence-corrected chi connectivity index (χ2v) is 11.0. The van der Waals surface area contributed by atoms with Gasteiger partial charge in [-0.15, -0.1) is 0 Å². The lowest BCUT2D eigenvalue weighted by Gasteiger charge is -2.25. The van der Waals surface area contributed by atoms with Crippen LogP contribution in [0.4, 0.5) is 0 Å². The predicted octanol–water partition coefficient (Wildman–Crippen LogP) is 5.68. The number of hydrogen-bond acceptors (Lipinski definition) is 3. The molecule has 0 atom stereocenters. The minimum atomic E-state index is -1.33. The van der Waals surface area contributed by atoms with Crippen molar-refractivity contribution in [2.45, 2.75) is 46.2 Å². The van der Waals surface area contributed by atoms with E-state index < -0.39 is 9.04 Å². The highest BCUT2D eigenvalue weighted by atomic mass is 79.9. The Morgan fingerprint density at radius 3 is 2.40 bits per heavy atom. The maximum Gasteiger partial charge on any atom is 0.344 e.